The molecular formula is C19H16BrN3O. The van der Waals surface area contributed by atoms with Crippen LogP contribution in [0.15, 0.2) is 59.2 Å². The van der Waals surface area contributed by atoms with Gasteiger partial charge in [-0.1, -0.05) is 45.8 Å². The van der Waals surface area contributed by atoms with Gasteiger partial charge in [-0.3, -0.25) is 4.79 Å². The number of carbonyl (C=O) groups is 1. The summed E-state index contributed by atoms with van der Waals surface area (Å²) >= 11 is 3.46. The zero-order chi connectivity index (χ0) is 16.7. The molecule has 2 heterocycles. The predicted octanol–water partition coefficient (Wildman–Crippen LogP) is 4.42. The molecule has 0 fully saturated rings. The average molecular weight is 382 g/mol. The highest BCUT2D eigenvalue weighted by Crippen LogP contribution is 2.38. The summed E-state index contributed by atoms with van der Waals surface area (Å²) in [6.45, 7) is 2.05. The Balaban J connectivity index is 1.80. The molecule has 24 heavy (non-hydrogen) atoms. The van der Waals surface area contributed by atoms with Gasteiger partial charge in [0.25, 0.3) is 0 Å². The van der Waals surface area contributed by atoms with Gasteiger partial charge >= 0.3 is 0 Å². The van der Waals surface area contributed by atoms with Gasteiger partial charge in [-0.25, -0.2) is 4.68 Å². The summed E-state index contributed by atoms with van der Waals surface area (Å²) in [5.74, 6) is 0.813. The summed E-state index contributed by atoms with van der Waals surface area (Å²) < 4.78 is 2.83. The third kappa shape index (κ3) is 2.65. The second kappa shape index (κ2) is 5.91. The van der Waals surface area contributed by atoms with E-state index >= 15 is 0 Å². The third-order valence-electron chi connectivity index (χ3n) is 4.37. The lowest BCUT2D eigenvalue weighted by Crippen LogP contribution is -2.24. The van der Waals surface area contributed by atoms with Gasteiger partial charge in [-0.05, 0) is 36.8 Å². The Hall–Kier alpha value is -2.40. The van der Waals surface area contributed by atoms with Gasteiger partial charge < -0.3 is 5.32 Å². The van der Waals surface area contributed by atoms with Crippen LogP contribution in [0, 0.1) is 6.92 Å². The molecule has 4 rings (SSSR count). The molecule has 0 saturated heterocycles. The number of fused-ring (bicyclic) bond motifs is 1. The van der Waals surface area contributed by atoms with E-state index in [0.29, 0.717) is 6.42 Å². The second-order valence-corrected chi connectivity index (χ2v) is 6.97. The number of halogens is 1. The summed E-state index contributed by atoms with van der Waals surface area (Å²) in [5, 5.41) is 7.50. The van der Waals surface area contributed by atoms with Crippen LogP contribution in [0.3, 0.4) is 0 Å². The highest BCUT2D eigenvalue weighted by Gasteiger charge is 2.30. The molecule has 0 bridgehead atoms. The SMILES string of the molecule is Cc1ccc(-n2ncc3c2NC(=O)CC3c2ccc(Br)cc2)cc1. The lowest BCUT2D eigenvalue weighted by Gasteiger charge is -2.23. The second-order valence-electron chi connectivity index (χ2n) is 6.05. The first-order valence-electron chi connectivity index (χ1n) is 7.82. The largest absolute Gasteiger partial charge is 0.310 e. The van der Waals surface area contributed by atoms with Crippen LogP contribution in [0.2, 0.25) is 0 Å². The molecule has 1 unspecified atom stereocenters. The Morgan fingerprint density at radius 3 is 2.54 bits per heavy atom. The van der Waals surface area contributed by atoms with Crippen molar-refractivity contribution in [2.24, 2.45) is 0 Å². The van der Waals surface area contributed by atoms with Crippen LogP contribution in [0.1, 0.15) is 29.0 Å². The first-order chi connectivity index (χ1) is 11.6. The van der Waals surface area contributed by atoms with Crippen LogP contribution in [0.25, 0.3) is 5.69 Å². The molecule has 120 valence electrons. The number of carbonyl (C=O) groups excluding carboxylic acids is 1. The van der Waals surface area contributed by atoms with E-state index in [0.717, 1.165) is 27.1 Å². The van der Waals surface area contributed by atoms with E-state index < -0.39 is 0 Å². The number of anilines is 1. The van der Waals surface area contributed by atoms with Gasteiger partial charge in [0.2, 0.25) is 5.91 Å². The monoisotopic (exact) mass is 381 g/mol. The molecule has 4 nitrogen and oxygen atoms in total. The number of benzene rings is 2. The van der Waals surface area contributed by atoms with Gasteiger partial charge in [-0.15, -0.1) is 0 Å². The van der Waals surface area contributed by atoms with Gasteiger partial charge in [0.15, 0.2) is 0 Å². The Kier molecular flexibility index (Phi) is 3.73. The molecule has 1 atom stereocenters. The number of aryl methyl sites for hydroxylation is 1. The highest BCUT2D eigenvalue weighted by atomic mass is 79.9. The maximum Gasteiger partial charge on any atom is 0.226 e. The van der Waals surface area contributed by atoms with Crippen LogP contribution in [0.4, 0.5) is 5.82 Å². The van der Waals surface area contributed by atoms with Crippen molar-refractivity contribution in [3.05, 3.63) is 75.9 Å². The van der Waals surface area contributed by atoms with Crippen LogP contribution in [-0.4, -0.2) is 15.7 Å². The van der Waals surface area contributed by atoms with Crippen LogP contribution >= 0.6 is 15.9 Å². The topological polar surface area (TPSA) is 46.9 Å². The normalized spacial score (nSPS) is 16.6. The summed E-state index contributed by atoms with van der Waals surface area (Å²) in [6.07, 6.45) is 2.30. The number of aromatic nitrogens is 2. The minimum Gasteiger partial charge on any atom is -0.310 e. The van der Waals surface area contributed by atoms with Crippen molar-refractivity contribution in [3.8, 4) is 5.69 Å². The van der Waals surface area contributed by atoms with Gasteiger partial charge in [0.1, 0.15) is 5.82 Å². The number of rotatable bonds is 2. The number of nitrogens with zero attached hydrogens (tertiary/aromatic N) is 2. The van der Waals surface area contributed by atoms with Gasteiger partial charge in [0, 0.05) is 22.4 Å². The molecule has 0 saturated carbocycles. The molecule has 0 radical (unpaired) electrons. The van der Waals surface area contributed by atoms with E-state index in [1.54, 1.807) is 4.68 Å². The molecule has 1 aliphatic heterocycles. The molecular weight excluding hydrogens is 366 g/mol. The quantitative estimate of drug-likeness (QED) is 0.714. The highest BCUT2D eigenvalue weighted by molar-refractivity contribution is 9.10. The fraction of sp³-hybridized carbons (Fsp3) is 0.158. The zero-order valence-electron chi connectivity index (χ0n) is 13.2. The summed E-state index contributed by atoms with van der Waals surface area (Å²) in [7, 11) is 0. The standard InChI is InChI=1S/C19H16BrN3O/c1-12-2-8-15(9-3-12)23-19-17(11-21-23)16(10-18(24)22-19)13-4-6-14(20)7-5-13/h2-9,11,16H,10H2,1H3,(H,22,24). The van der Waals surface area contributed by atoms with Crippen molar-refractivity contribution in [3.63, 3.8) is 0 Å². The molecule has 2 aromatic carbocycles. The summed E-state index contributed by atoms with van der Waals surface area (Å²) in [5.41, 5.74) is 4.31. The maximum atomic E-state index is 12.3. The van der Waals surface area contributed by atoms with Crippen molar-refractivity contribution in [2.45, 2.75) is 19.3 Å². The number of hydrogen-bond acceptors (Lipinski definition) is 2. The van der Waals surface area contributed by atoms with E-state index in [-0.39, 0.29) is 11.8 Å². The van der Waals surface area contributed by atoms with E-state index in [1.165, 1.54) is 5.56 Å². The zero-order valence-corrected chi connectivity index (χ0v) is 14.7. The molecule has 0 aliphatic carbocycles. The van der Waals surface area contributed by atoms with Crippen molar-refractivity contribution in [1.29, 1.82) is 0 Å². The first-order valence-corrected chi connectivity index (χ1v) is 8.61. The Labute approximate surface area is 148 Å². The Bertz CT molecular complexity index is 897. The molecule has 1 amide bonds. The minimum absolute atomic E-state index is 0.0179. The third-order valence-corrected chi connectivity index (χ3v) is 4.90. The number of hydrogen-bond donors (Lipinski definition) is 1. The molecule has 3 aromatic rings. The van der Waals surface area contributed by atoms with Crippen molar-refractivity contribution in [1.82, 2.24) is 9.78 Å². The van der Waals surface area contributed by atoms with E-state index in [9.17, 15) is 4.79 Å². The van der Waals surface area contributed by atoms with Crippen molar-refractivity contribution < 1.29 is 4.79 Å². The smallest absolute Gasteiger partial charge is 0.226 e. The average Bonchev–Trinajstić information content (AvgIpc) is 2.99. The first kappa shape index (κ1) is 15.1. The number of amides is 1. The van der Waals surface area contributed by atoms with Crippen LogP contribution in [0.5, 0.6) is 0 Å². The minimum atomic E-state index is 0.0179. The van der Waals surface area contributed by atoms with Gasteiger partial charge in [0.05, 0.1) is 11.9 Å². The fourth-order valence-electron chi connectivity index (χ4n) is 3.09. The Morgan fingerprint density at radius 2 is 1.83 bits per heavy atom. The van der Waals surface area contributed by atoms with E-state index in [4.69, 9.17) is 0 Å². The fourth-order valence-corrected chi connectivity index (χ4v) is 3.36. The van der Waals surface area contributed by atoms with Gasteiger partial charge in [-0.2, -0.15) is 5.10 Å². The molecule has 1 aliphatic rings. The lowest BCUT2D eigenvalue weighted by atomic mass is 9.87. The van der Waals surface area contributed by atoms with E-state index in [1.807, 2.05) is 49.5 Å². The summed E-state index contributed by atoms with van der Waals surface area (Å²) in [6, 6.07) is 16.2. The van der Waals surface area contributed by atoms with Crippen LogP contribution in [-0.2, 0) is 4.79 Å². The number of nitrogens with one attached hydrogen (secondary N) is 1. The van der Waals surface area contributed by atoms with Crippen molar-refractivity contribution >= 4 is 27.7 Å². The van der Waals surface area contributed by atoms with E-state index in [2.05, 4.69) is 38.5 Å². The molecule has 1 N–H and O–H groups in total. The maximum absolute atomic E-state index is 12.3. The Morgan fingerprint density at radius 1 is 1.12 bits per heavy atom. The lowest BCUT2D eigenvalue weighted by molar-refractivity contribution is -0.116. The molecule has 0 spiro atoms. The molecule has 1 aromatic heterocycles. The summed E-state index contributed by atoms with van der Waals surface area (Å²) in [4.78, 5) is 12.3. The van der Waals surface area contributed by atoms with Crippen LogP contribution < -0.4 is 5.32 Å². The molecule has 5 heteroatoms. The van der Waals surface area contributed by atoms with Crippen molar-refractivity contribution in [2.75, 3.05) is 5.32 Å². The predicted molar refractivity (Wildman–Crippen MR) is 97.5 cm³/mol.